The number of ether oxygens (including phenoxy) is 1. The van der Waals surface area contributed by atoms with E-state index in [0.29, 0.717) is 17.7 Å². The van der Waals surface area contributed by atoms with Gasteiger partial charge in [-0.25, -0.2) is 4.79 Å². The highest BCUT2D eigenvalue weighted by atomic mass is 16.6. The molecule has 27 heavy (non-hydrogen) atoms. The first-order chi connectivity index (χ1) is 12.8. The molecule has 0 bridgehead atoms. The summed E-state index contributed by atoms with van der Waals surface area (Å²) in [6, 6.07) is 5.04. The molecule has 7 heteroatoms. The van der Waals surface area contributed by atoms with Crippen LogP contribution in [0.25, 0.3) is 11.0 Å². The summed E-state index contributed by atoms with van der Waals surface area (Å²) in [5.41, 5.74) is 1.31. The van der Waals surface area contributed by atoms with Crippen molar-refractivity contribution in [3.63, 3.8) is 0 Å². The topological polar surface area (TPSA) is 76.5 Å². The van der Waals surface area contributed by atoms with Crippen LogP contribution in [-0.2, 0) is 11.3 Å². The van der Waals surface area contributed by atoms with Crippen molar-refractivity contribution in [3.05, 3.63) is 34.7 Å². The molecule has 1 saturated heterocycles. The molecule has 2 aromatic rings. The van der Waals surface area contributed by atoms with Gasteiger partial charge in [-0.2, -0.15) is 0 Å². The van der Waals surface area contributed by atoms with Gasteiger partial charge in [0.15, 0.2) is 0 Å². The minimum absolute atomic E-state index is 0.0595. The lowest BCUT2D eigenvalue weighted by Crippen LogP contribution is -2.34. The number of rotatable bonds is 4. The average Bonchev–Trinajstić information content (AvgIpc) is 2.60. The van der Waals surface area contributed by atoms with E-state index < -0.39 is 11.7 Å². The van der Waals surface area contributed by atoms with Crippen molar-refractivity contribution < 1.29 is 9.53 Å². The molecule has 1 aliphatic heterocycles. The number of pyridine rings is 2. The van der Waals surface area contributed by atoms with Crippen molar-refractivity contribution in [2.75, 3.05) is 25.0 Å². The number of aromatic nitrogens is 2. The fourth-order valence-corrected chi connectivity index (χ4v) is 3.31. The van der Waals surface area contributed by atoms with Crippen LogP contribution in [0.5, 0.6) is 0 Å². The van der Waals surface area contributed by atoms with Gasteiger partial charge in [0.05, 0.1) is 22.9 Å². The number of piperidine rings is 1. The quantitative estimate of drug-likeness (QED) is 0.892. The third kappa shape index (κ3) is 5.29. The fourth-order valence-electron chi connectivity index (χ4n) is 3.31. The number of likely N-dealkylation sites (tertiary alicyclic amines) is 1. The molecule has 7 nitrogen and oxygen atoms in total. The molecule has 1 amide bonds. The van der Waals surface area contributed by atoms with Gasteiger partial charge >= 0.3 is 6.09 Å². The van der Waals surface area contributed by atoms with Gasteiger partial charge in [0.2, 0.25) is 0 Å². The van der Waals surface area contributed by atoms with Gasteiger partial charge in [0.25, 0.3) is 5.56 Å². The Morgan fingerprint density at radius 1 is 1.19 bits per heavy atom. The van der Waals surface area contributed by atoms with Crippen molar-refractivity contribution in [1.29, 1.82) is 0 Å². The summed E-state index contributed by atoms with van der Waals surface area (Å²) in [5, 5.41) is 2.69. The molecule has 146 valence electrons. The Balaban J connectivity index is 1.81. The number of nitrogens with zero attached hydrogens (tertiary/aromatic N) is 3. The lowest BCUT2D eigenvalue weighted by Gasteiger charge is -2.26. The first kappa shape index (κ1) is 19.4. The first-order valence-corrected chi connectivity index (χ1v) is 9.54. The number of amides is 1. The van der Waals surface area contributed by atoms with Crippen LogP contribution in [0.3, 0.4) is 0 Å². The summed E-state index contributed by atoms with van der Waals surface area (Å²) in [7, 11) is 0. The standard InChI is InChI=1S/C20H28N4O3/c1-20(2,3)27-19(26)22-15-13-17-16(21-14-15)7-8-18(25)24(17)12-11-23-9-5-4-6-10-23/h7-8,13-14H,4-6,9-12H2,1-3H3,(H,22,26). The van der Waals surface area contributed by atoms with Crippen LogP contribution in [0, 0.1) is 0 Å². The number of carbonyl (C=O) groups is 1. The van der Waals surface area contributed by atoms with Crippen LogP contribution in [0.15, 0.2) is 29.2 Å². The third-order valence-electron chi connectivity index (χ3n) is 4.57. The van der Waals surface area contributed by atoms with E-state index in [1.165, 1.54) is 19.3 Å². The molecule has 2 aromatic heterocycles. The Labute approximate surface area is 159 Å². The van der Waals surface area contributed by atoms with Crippen LogP contribution in [0.1, 0.15) is 40.0 Å². The van der Waals surface area contributed by atoms with Gasteiger partial charge in [-0.1, -0.05) is 6.42 Å². The molecule has 0 unspecified atom stereocenters. The normalized spacial score (nSPS) is 15.7. The lowest BCUT2D eigenvalue weighted by molar-refractivity contribution is 0.0636. The summed E-state index contributed by atoms with van der Waals surface area (Å²) < 4.78 is 7.01. The Morgan fingerprint density at radius 2 is 1.93 bits per heavy atom. The number of hydrogen-bond acceptors (Lipinski definition) is 5. The Kier molecular flexibility index (Phi) is 5.79. The Bertz CT molecular complexity index is 864. The number of anilines is 1. The lowest BCUT2D eigenvalue weighted by atomic mass is 10.1. The highest BCUT2D eigenvalue weighted by molar-refractivity contribution is 5.88. The molecule has 0 aliphatic carbocycles. The molecule has 1 fully saturated rings. The maximum atomic E-state index is 12.4. The zero-order chi connectivity index (χ0) is 19.4. The second-order valence-corrected chi connectivity index (χ2v) is 7.98. The minimum atomic E-state index is -0.578. The zero-order valence-corrected chi connectivity index (χ0v) is 16.3. The average molecular weight is 372 g/mol. The summed E-state index contributed by atoms with van der Waals surface area (Å²) in [5.74, 6) is 0. The molecular formula is C20H28N4O3. The first-order valence-electron chi connectivity index (χ1n) is 9.54. The van der Waals surface area contributed by atoms with Crippen LogP contribution in [-0.4, -0.2) is 45.8 Å². The van der Waals surface area contributed by atoms with Crippen molar-refractivity contribution >= 4 is 22.8 Å². The number of fused-ring (bicyclic) bond motifs is 1. The summed E-state index contributed by atoms with van der Waals surface area (Å²) in [4.78, 5) is 31.2. The SMILES string of the molecule is CC(C)(C)OC(=O)Nc1cnc2ccc(=O)n(CCN3CCCCC3)c2c1. The molecule has 0 radical (unpaired) electrons. The number of nitrogens with one attached hydrogen (secondary N) is 1. The van der Waals surface area contributed by atoms with Crippen LogP contribution < -0.4 is 10.9 Å². The largest absolute Gasteiger partial charge is 0.444 e. The third-order valence-corrected chi connectivity index (χ3v) is 4.57. The second kappa shape index (κ2) is 8.08. The highest BCUT2D eigenvalue weighted by Gasteiger charge is 2.17. The molecule has 1 N–H and O–H groups in total. The van der Waals surface area contributed by atoms with Crippen molar-refractivity contribution in [2.24, 2.45) is 0 Å². The second-order valence-electron chi connectivity index (χ2n) is 7.98. The maximum Gasteiger partial charge on any atom is 0.412 e. The molecule has 0 atom stereocenters. The van der Waals surface area contributed by atoms with E-state index in [9.17, 15) is 9.59 Å². The number of carbonyl (C=O) groups excluding carboxylic acids is 1. The van der Waals surface area contributed by atoms with E-state index in [4.69, 9.17) is 4.74 Å². The van der Waals surface area contributed by atoms with Crippen molar-refractivity contribution in [1.82, 2.24) is 14.5 Å². The van der Waals surface area contributed by atoms with E-state index >= 15 is 0 Å². The van der Waals surface area contributed by atoms with Crippen LogP contribution >= 0.6 is 0 Å². The molecule has 1 aliphatic rings. The van der Waals surface area contributed by atoms with Gasteiger partial charge in [0, 0.05) is 19.2 Å². The molecular weight excluding hydrogens is 344 g/mol. The maximum absolute atomic E-state index is 12.4. The predicted molar refractivity (Wildman–Crippen MR) is 106 cm³/mol. The highest BCUT2D eigenvalue weighted by Crippen LogP contribution is 2.17. The van der Waals surface area contributed by atoms with Crippen molar-refractivity contribution in [2.45, 2.75) is 52.2 Å². The van der Waals surface area contributed by atoms with E-state index in [1.54, 1.807) is 29.0 Å². The van der Waals surface area contributed by atoms with Gasteiger partial charge < -0.3 is 14.2 Å². The summed E-state index contributed by atoms with van der Waals surface area (Å²) in [6.45, 7) is 9.04. The minimum Gasteiger partial charge on any atom is -0.444 e. The zero-order valence-electron chi connectivity index (χ0n) is 16.3. The summed E-state index contributed by atoms with van der Waals surface area (Å²) in [6.07, 6.45) is 4.76. The number of hydrogen-bond donors (Lipinski definition) is 1. The van der Waals surface area contributed by atoms with Gasteiger partial charge in [-0.05, 0) is 58.8 Å². The van der Waals surface area contributed by atoms with Crippen molar-refractivity contribution in [3.8, 4) is 0 Å². The molecule has 0 aromatic carbocycles. The molecule has 0 saturated carbocycles. The van der Waals surface area contributed by atoms with E-state index in [2.05, 4.69) is 15.2 Å². The van der Waals surface area contributed by atoms with Crippen LogP contribution in [0.4, 0.5) is 10.5 Å². The molecule has 0 spiro atoms. The van der Waals surface area contributed by atoms with Gasteiger partial charge in [-0.15, -0.1) is 0 Å². The van der Waals surface area contributed by atoms with E-state index in [-0.39, 0.29) is 5.56 Å². The molecule has 3 rings (SSSR count). The smallest absolute Gasteiger partial charge is 0.412 e. The van der Waals surface area contributed by atoms with Crippen LogP contribution in [0.2, 0.25) is 0 Å². The molecule has 3 heterocycles. The predicted octanol–water partition coefficient (Wildman–Crippen LogP) is 3.23. The Hall–Kier alpha value is -2.41. The Morgan fingerprint density at radius 3 is 2.63 bits per heavy atom. The fraction of sp³-hybridized carbons (Fsp3) is 0.550. The summed E-state index contributed by atoms with van der Waals surface area (Å²) >= 11 is 0. The van der Waals surface area contributed by atoms with Gasteiger partial charge in [-0.3, -0.25) is 15.1 Å². The van der Waals surface area contributed by atoms with E-state index in [0.717, 1.165) is 25.2 Å². The monoisotopic (exact) mass is 372 g/mol. The van der Waals surface area contributed by atoms with E-state index in [1.807, 2.05) is 20.8 Å². The van der Waals surface area contributed by atoms with Gasteiger partial charge in [0.1, 0.15) is 5.60 Å².